The third-order valence-corrected chi connectivity index (χ3v) is 4.48. The van der Waals surface area contributed by atoms with Gasteiger partial charge < -0.3 is 15.4 Å². The Kier molecular flexibility index (Phi) is 8.15. The van der Waals surface area contributed by atoms with E-state index < -0.39 is 35.7 Å². The van der Waals surface area contributed by atoms with Gasteiger partial charge in [0, 0.05) is 24.8 Å². The van der Waals surface area contributed by atoms with E-state index in [0.717, 1.165) is 5.56 Å². The van der Waals surface area contributed by atoms with Gasteiger partial charge in [0.2, 0.25) is 11.8 Å². The molecule has 2 N–H and O–H groups in total. The van der Waals surface area contributed by atoms with E-state index in [9.17, 15) is 18.8 Å². The third kappa shape index (κ3) is 6.87. The molecule has 0 aliphatic rings. The van der Waals surface area contributed by atoms with E-state index in [2.05, 4.69) is 10.6 Å². The second-order valence-corrected chi connectivity index (χ2v) is 6.90. The average molecular weight is 421 g/mol. The van der Waals surface area contributed by atoms with E-state index in [1.807, 2.05) is 0 Å². The molecule has 29 heavy (non-hydrogen) atoms. The van der Waals surface area contributed by atoms with Crippen LogP contribution in [0.2, 0.25) is 5.02 Å². The summed E-state index contributed by atoms with van der Waals surface area (Å²) in [5.41, 5.74) is 1.03. The molecular formula is C21H22ClFN2O4. The first kappa shape index (κ1) is 22.4. The lowest BCUT2D eigenvalue weighted by Gasteiger charge is -2.22. The Bertz CT molecular complexity index is 873. The van der Waals surface area contributed by atoms with Crippen molar-refractivity contribution in [2.24, 2.45) is 0 Å². The van der Waals surface area contributed by atoms with Crippen LogP contribution in [0.15, 0.2) is 48.5 Å². The molecule has 0 unspecified atom stereocenters. The lowest BCUT2D eigenvalue weighted by Crippen LogP contribution is -2.53. The Morgan fingerprint density at radius 3 is 2.24 bits per heavy atom. The summed E-state index contributed by atoms with van der Waals surface area (Å²) in [4.78, 5) is 36.5. The van der Waals surface area contributed by atoms with Gasteiger partial charge in [0.15, 0.2) is 0 Å². The molecule has 2 amide bonds. The van der Waals surface area contributed by atoms with Crippen LogP contribution in [0.4, 0.5) is 4.39 Å². The van der Waals surface area contributed by atoms with Crippen molar-refractivity contribution >= 4 is 29.4 Å². The molecule has 8 heteroatoms. The monoisotopic (exact) mass is 420 g/mol. The number of rotatable bonds is 8. The smallest absolute Gasteiger partial charge is 0.328 e. The van der Waals surface area contributed by atoms with Crippen molar-refractivity contribution in [3.63, 3.8) is 0 Å². The quantitative estimate of drug-likeness (QED) is 0.642. The Labute approximate surface area is 173 Å². The van der Waals surface area contributed by atoms with Crippen LogP contribution in [-0.4, -0.2) is 37.0 Å². The molecule has 0 aliphatic heterocycles. The first-order valence-electron chi connectivity index (χ1n) is 8.93. The first-order chi connectivity index (χ1) is 13.8. The molecule has 0 aromatic heterocycles. The van der Waals surface area contributed by atoms with Gasteiger partial charge in [0.1, 0.15) is 17.9 Å². The predicted molar refractivity (Wildman–Crippen MR) is 107 cm³/mol. The molecule has 2 rings (SSSR count). The Hall–Kier alpha value is -2.93. The summed E-state index contributed by atoms with van der Waals surface area (Å²) in [5, 5.41) is 5.64. The average Bonchev–Trinajstić information content (AvgIpc) is 2.69. The highest BCUT2D eigenvalue weighted by atomic mass is 35.5. The molecule has 0 heterocycles. The highest BCUT2D eigenvalue weighted by Gasteiger charge is 2.27. The van der Waals surface area contributed by atoms with Crippen molar-refractivity contribution in [2.75, 3.05) is 7.11 Å². The number of hydrogen-bond acceptors (Lipinski definition) is 4. The molecule has 0 saturated carbocycles. The van der Waals surface area contributed by atoms with E-state index in [1.165, 1.54) is 32.2 Å². The number of nitrogens with one attached hydrogen (secondary N) is 2. The first-order valence-corrected chi connectivity index (χ1v) is 9.31. The van der Waals surface area contributed by atoms with E-state index >= 15 is 0 Å². The summed E-state index contributed by atoms with van der Waals surface area (Å²) in [7, 11) is 1.22. The van der Waals surface area contributed by atoms with Gasteiger partial charge in [-0.1, -0.05) is 41.9 Å². The molecule has 2 aromatic rings. The van der Waals surface area contributed by atoms with Crippen molar-refractivity contribution in [1.29, 1.82) is 0 Å². The van der Waals surface area contributed by atoms with Gasteiger partial charge in [-0.25, -0.2) is 9.18 Å². The summed E-state index contributed by atoms with van der Waals surface area (Å²) in [6.45, 7) is 1.26. The molecule has 2 aromatic carbocycles. The molecular weight excluding hydrogens is 399 g/mol. The molecule has 0 radical (unpaired) electrons. The van der Waals surface area contributed by atoms with Crippen LogP contribution in [0, 0.1) is 5.82 Å². The number of benzene rings is 2. The van der Waals surface area contributed by atoms with Crippen molar-refractivity contribution in [3.8, 4) is 0 Å². The largest absolute Gasteiger partial charge is 0.467 e. The molecule has 0 aliphatic carbocycles. The Morgan fingerprint density at radius 1 is 1.00 bits per heavy atom. The topological polar surface area (TPSA) is 84.5 Å². The molecule has 0 spiro atoms. The van der Waals surface area contributed by atoms with E-state index in [0.29, 0.717) is 5.02 Å². The second-order valence-electron chi connectivity index (χ2n) is 6.46. The number of carbonyl (C=O) groups is 3. The number of methoxy groups -OCH3 is 1. The summed E-state index contributed by atoms with van der Waals surface area (Å²) in [6.07, 6.45) is 0.106. The zero-order valence-electron chi connectivity index (χ0n) is 16.1. The van der Waals surface area contributed by atoms with Crippen LogP contribution in [0.25, 0.3) is 0 Å². The van der Waals surface area contributed by atoms with Crippen molar-refractivity contribution in [2.45, 2.75) is 31.8 Å². The van der Waals surface area contributed by atoms with E-state index in [-0.39, 0.29) is 18.4 Å². The summed E-state index contributed by atoms with van der Waals surface area (Å²) < 4.78 is 18.8. The lowest BCUT2D eigenvalue weighted by molar-refractivity contribution is -0.145. The van der Waals surface area contributed by atoms with Crippen molar-refractivity contribution in [3.05, 3.63) is 70.5 Å². The fraction of sp³-hybridized carbons (Fsp3) is 0.286. The van der Waals surface area contributed by atoms with Gasteiger partial charge in [-0.2, -0.15) is 0 Å². The van der Waals surface area contributed by atoms with Crippen molar-refractivity contribution < 1.29 is 23.5 Å². The lowest BCUT2D eigenvalue weighted by atomic mass is 10.0. The van der Waals surface area contributed by atoms with Gasteiger partial charge in [0.25, 0.3) is 0 Å². The second kappa shape index (κ2) is 10.6. The normalized spacial score (nSPS) is 12.6. The third-order valence-electron chi connectivity index (χ3n) is 4.23. The number of hydrogen-bond donors (Lipinski definition) is 2. The van der Waals surface area contributed by atoms with Crippen LogP contribution in [0.3, 0.4) is 0 Å². The van der Waals surface area contributed by atoms with Crippen LogP contribution in [-0.2, 0) is 32.0 Å². The standard InChI is InChI=1S/C21H22ClFN2O4/c1-13(26)24-18(12-15-5-3-4-6-17(15)23)20(27)25-19(21(28)29-2)11-14-7-9-16(22)10-8-14/h3-10,18-19H,11-12H2,1-2H3,(H,24,26)(H,25,27)/t18-,19-/m0/s1. The number of carbonyl (C=O) groups excluding carboxylic acids is 3. The van der Waals surface area contributed by atoms with Crippen LogP contribution in [0.1, 0.15) is 18.1 Å². The summed E-state index contributed by atoms with van der Waals surface area (Å²) >= 11 is 5.87. The summed E-state index contributed by atoms with van der Waals surface area (Å²) in [6, 6.07) is 10.7. The van der Waals surface area contributed by atoms with Crippen molar-refractivity contribution in [1.82, 2.24) is 10.6 Å². The molecule has 0 saturated heterocycles. The number of halogens is 2. The maximum Gasteiger partial charge on any atom is 0.328 e. The molecule has 0 fully saturated rings. The molecule has 2 atom stereocenters. The highest BCUT2D eigenvalue weighted by molar-refractivity contribution is 6.30. The van der Waals surface area contributed by atoms with Crippen LogP contribution < -0.4 is 10.6 Å². The number of ether oxygens (including phenoxy) is 1. The SMILES string of the molecule is COC(=O)[C@H](Cc1ccc(Cl)cc1)NC(=O)[C@H](Cc1ccccc1F)NC(C)=O. The maximum atomic E-state index is 14.0. The predicted octanol–water partition coefficient (Wildman–Crippen LogP) is 2.43. The molecule has 0 bridgehead atoms. The van der Waals surface area contributed by atoms with Gasteiger partial charge in [-0.3, -0.25) is 9.59 Å². The minimum absolute atomic E-state index is 0.0626. The Morgan fingerprint density at radius 2 is 1.66 bits per heavy atom. The van der Waals surface area contributed by atoms with E-state index in [1.54, 1.807) is 30.3 Å². The highest BCUT2D eigenvalue weighted by Crippen LogP contribution is 2.13. The van der Waals surface area contributed by atoms with Gasteiger partial charge in [-0.15, -0.1) is 0 Å². The zero-order chi connectivity index (χ0) is 21.4. The summed E-state index contributed by atoms with van der Waals surface area (Å²) in [5.74, 6) is -2.19. The van der Waals surface area contributed by atoms with E-state index in [4.69, 9.17) is 16.3 Å². The fourth-order valence-corrected chi connectivity index (χ4v) is 2.93. The van der Waals surface area contributed by atoms with Crippen LogP contribution in [0.5, 0.6) is 0 Å². The van der Waals surface area contributed by atoms with Gasteiger partial charge >= 0.3 is 5.97 Å². The molecule has 6 nitrogen and oxygen atoms in total. The number of esters is 1. The minimum atomic E-state index is -1.05. The van der Waals surface area contributed by atoms with Gasteiger partial charge in [-0.05, 0) is 29.3 Å². The maximum absolute atomic E-state index is 14.0. The fourth-order valence-electron chi connectivity index (χ4n) is 2.80. The Balaban J connectivity index is 2.17. The van der Waals surface area contributed by atoms with Gasteiger partial charge in [0.05, 0.1) is 7.11 Å². The number of amides is 2. The zero-order valence-corrected chi connectivity index (χ0v) is 16.8. The van der Waals surface area contributed by atoms with Crippen LogP contribution >= 0.6 is 11.6 Å². The minimum Gasteiger partial charge on any atom is -0.467 e. The molecule has 154 valence electrons.